The molecular weight excluding hydrogens is 712 g/mol. The molecule has 0 bridgehead atoms. The molecule has 272 valence electrons. The Morgan fingerprint density at radius 1 is 0.469 bits per heavy atom. The Labute approximate surface area is 312 Å². The second-order valence-corrected chi connectivity index (χ2v) is 16.0. The van der Waals surface area contributed by atoms with Crippen LogP contribution in [0.25, 0.3) is 0 Å². The van der Waals surface area contributed by atoms with E-state index in [2.05, 4.69) is 105 Å². The zero-order valence-electron chi connectivity index (χ0n) is 28.6. The number of nitrogens with zero attached hydrogens (tertiary/aromatic N) is 8. The first kappa shape index (κ1) is 52.3. The maximum absolute atomic E-state index is 4.04. The third kappa shape index (κ3) is 28.1. The van der Waals surface area contributed by atoms with Gasteiger partial charge in [0.1, 0.15) is 34.3 Å². The zero-order chi connectivity index (χ0) is 33.8. The molecule has 6 aromatic heterocycles. The van der Waals surface area contributed by atoms with Crippen LogP contribution in [-0.4, -0.2) is 54.6 Å². The van der Waals surface area contributed by atoms with Gasteiger partial charge in [0.2, 0.25) is 0 Å². The van der Waals surface area contributed by atoms with E-state index >= 15 is 0 Å². The molecule has 49 heavy (non-hydrogen) atoms. The molecule has 0 spiro atoms. The predicted octanol–water partition coefficient (Wildman–Crippen LogP) is 10.7. The smallest absolute Gasteiger partial charge is 0.129 e. The standard InChI is InChI=1S/C7H9N.C6H8N2.C6H8S.C6H8Se.C5H7N3.C4H6N2S.4CH4/c1-6-3-4-8-7(2)5-6;1-5-3-6(2)8-4-7-5;2*1-5-3-4-6(2)7-5;1-4-6-3-7-5(2)8-4;1-3-5-6-4(2)7-3;;;;/h3-5H,1-2H3;3-4H,1-2H3;2*3-4H,1-2H3;3H,1-2H3;1-2H3;4*1H4. The molecule has 0 aliphatic carbocycles. The molecule has 0 aliphatic rings. The summed E-state index contributed by atoms with van der Waals surface area (Å²) in [6.45, 7) is 24.2. The Kier molecular flexibility index (Phi) is 31.4. The number of thiophene rings is 1. The Balaban J connectivity index is -0.000000244. The summed E-state index contributed by atoms with van der Waals surface area (Å²) in [5.74, 6) is 1.55. The van der Waals surface area contributed by atoms with Gasteiger partial charge in [-0.2, -0.15) is 0 Å². The van der Waals surface area contributed by atoms with E-state index in [1.54, 1.807) is 26.5 Å². The molecule has 0 saturated carbocycles. The van der Waals surface area contributed by atoms with Crippen LogP contribution in [0.5, 0.6) is 0 Å². The average Bonchev–Trinajstić information content (AvgIpc) is 3.65. The molecule has 0 aromatic carbocycles. The summed E-state index contributed by atoms with van der Waals surface area (Å²) in [5, 5.41) is 9.65. The Bertz CT molecular complexity index is 1370. The van der Waals surface area contributed by atoms with Crippen molar-refractivity contribution >= 4 is 37.2 Å². The first-order valence-electron chi connectivity index (χ1n) is 14.3. The summed E-state index contributed by atoms with van der Waals surface area (Å²) >= 11 is 4.17. The molecule has 0 aliphatic heterocycles. The number of aromatic nitrogens is 8. The van der Waals surface area contributed by atoms with Crippen LogP contribution in [0.15, 0.2) is 61.3 Å². The van der Waals surface area contributed by atoms with Gasteiger partial charge in [0.05, 0.1) is 0 Å². The van der Waals surface area contributed by atoms with Gasteiger partial charge in [-0.1, -0.05) is 29.7 Å². The van der Waals surface area contributed by atoms with Gasteiger partial charge >= 0.3 is 49.4 Å². The summed E-state index contributed by atoms with van der Waals surface area (Å²) in [5.41, 5.74) is 4.41. The van der Waals surface area contributed by atoms with Gasteiger partial charge in [-0.25, -0.2) is 24.9 Å². The topological polar surface area (TPSA) is 103 Å². The molecule has 0 saturated heterocycles. The largest absolute Gasteiger partial charge is 0.262 e. The van der Waals surface area contributed by atoms with E-state index in [0.717, 1.165) is 38.7 Å². The normalized spacial score (nSPS) is 8.57. The third-order valence-corrected chi connectivity index (χ3v) is 8.77. The predicted molar refractivity (Wildman–Crippen MR) is 217 cm³/mol. The van der Waals surface area contributed by atoms with Crippen molar-refractivity contribution < 1.29 is 0 Å². The molecule has 0 N–H and O–H groups in total. The van der Waals surface area contributed by atoms with E-state index in [1.165, 1.54) is 21.6 Å². The monoisotopic (exact) mass is 774 g/mol. The van der Waals surface area contributed by atoms with Crippen molar-refractivity contribution in [2.45, 2.75) is 113 Å². The first-order chi connectivity index (χ1) is 21.2. The van der Waals surface area contributed by atoms with Gasteiger partial charge in [0.15, 0.2) is 0 Å². The fraction of sp³-hybridized carbons (Fsp3) is 0.421. The summed E-state index contributed by atoms with van der Waals surface area (Å²) in [4.78, 5) is 26.3. The zero-order valence-corrected chi connectivity index (χ0v) is 31.9. The van der Waals surface area contributed by atoms with Crippen molar-refractivity contribution in [3.05, 3.63) is 124 Å². The maximum atomic E-state index is 4.04. The molecule has 6 rings (SSSR count). The molecule has 0 radical (unpaired) electrons. The van der Waals surface area contributed by atoms with E-state index in [1.807, 2.05) is 78.1 Å². The van der Waals surface area contributed by atoms with Crippen molar-refractivity contribution in [1.29, 1.82) is 0 Å². The number of pyridine rings is 1. The average molecular weight is 774 g/mol. The fourth-order valence-electron chi connectivity index (χ4n) is 3.27. The molecule has 6 aromatic rings. The van der Waals surface area contributed by atoms with Crippen LogP contribution in [0.4, 0.5) is 0 Å². The Morgan fingerprint density at radius 2 is 0.898 bits per heavy atom. The van der Waals surface area contributed by atoms with Crippen LogP contribution in [0.2, 0.25) is 0 Å². The van der Waals surface area contributed by atoms with Crippen LogP contribution >= 0.6 is 22.7 Å². The maximum Gasteiger partial charge on any atom is 0.129 e. The van der Waals surface area contributed by atoms with Crippen LogP contribution in [-0.2, 0) is 0 Å². The number of hydrogen-bond donors (Lipinski definition) is 0. The van der Waals surface area contributed by atoms with Crippen molar-refractivity contribution in [2.24, 2.45) is 0 Å². The van der Waals surface area contributed by atoms with Crippen LogP contribution in [0, 0.1) is 83.1 Å². The van der Waals surface area contributed by atoms with Crippen LogP contribution < -0.4 is 0 Å². The van der Waals surface area contributed by atoms with Gasteiger partial charge < -0.3 is 0 Å². The minimum Gasteiger partial charge on any atom is -0.262 e. The SMILES string of the molecule is C.C.C.C.Cc1cc(C)ncn1.Cc1ccc(C)[se]1.Cc1ccc(C)s1.Cc1ccnc(C)c1.Cc1ncnc(C)n1.Cc1nnc(C)s1. The second-order valence-electron chi connectivity index (χ2n) is 10.0. The van der Waals surface area contributed by atoms with E-state index < -0.39 is 0 Å². The summed E-state index contributed by atoms with van der Waals surface area (Å²) < 4.78 is 3.09. The molecule has 8 nitrogen and oxygen atoms in total. The summed E-state index contributed by atoms with van der Waals surface area (Å²) in [6, 6.07) is 14.7. The van der Waals surface area contributed by atoms with Gasteiger partial charge in [0, 0.05) is 33.0 Å². The molecule has 11 heteroatoms. The molecule has 0 atom stereocenters. The number of hydrogen-bond acceptors (Lipinski definition) is 10. The van der Waals surface area contributed by atoms with Crippen molar-refractivity contribution in [3.63, 3.8) is 0 Å². The number of rotatable bonds is 0. The van der Waals surface area contributed by atoms with Crippen molar-refractivity contribution in [2.75, 3.05) is 0 Å². The Hall–Kier alpha value is -3.50. The minimum atomic E-state index is 0. The molecular formula is C38H62N8S2Se. The summed E-state index contributed by atoms with van der Waals surface area (Å²) in [6.07, 6.45) is 4.91. The second kappa shape index (κ2) is 29.4. The van der Waals surface area contributed by atoms with Gasteiger partial charge in [-0.05, 0) is 105 Å². The molecule has 6 heterocycles. The van der Waals surface area contributed by atoms with Crippen LogP contribution in [0.1, 0.15) is 92.6 Å². The van der Waals surface area contributed by atoms with Gasteiger partial charge in [0.25, 0.3) is 0 Å². The minimum absolute atomic E-state index is 0. The van der Waals surface area contributed by atoms with E-state index in [0.29, 0.717) is 14.5 Å². The molecule has 0 unspecified atom stereocenters. The van der Waals surface area contributed by atoms with E-state index in [9.17, 15) is 0 Å². The first-order valence-corrected chi connectivity index (χ1v) is 17.7. The van der Waals surface area contributed by atoms with Gasteiger partial charge in [-0.15, -0.1) is 32.9 Å². The van der Waals surface area contributed by atoms with Crippen LogP contribution in [0.3, 0.4) is 0 Å². The third-order valence-electron chi connectivity index (χ3n) is 5.18. The molecule has 0 fully saturated rings. The summed E-state index contributed by atoms with van der Waals surface area (Å²) in [7, 11) is 0. The fourth-order valence-corrected chi connectivity index (χ4v) is 6.28. The van der Waals surface area contributed by atoms with E-state index in [4.69, 9.17) is 0 Å². The molecule has 0 amide bonds. The Morgan fingerprint density at radius 3 is 1.10 bits per heavy atom. The number of aryl methyl sites for hydroxylation is 12. The van der Waals surface area contributed by atoms with Crippen molar-refractivity contribution in [1.82, 2.24) is 40.1 Å². The van der Waals surface area contributed by atoms with E-state index in [-0.39, 0.29) is 29.7 Å². The van der Waals surface area contributed by atoms with Crippen molar-refractivity contribution in [3.8, 4) is 0 Å². The van der Waals surface area contributed by atoms with Gasteiger partial charge in [-0.3, -0.25) is 4.98 Å². The quantitative estimate of drug-likeness (QED) is 0.141.